The van der Waals surface area contributed by atoms with Crippen LogP contribution in [-0.4, -0.2) is 17.1 Å². The molecule has 0 radical (unpaired) electrons. The SMILES string of the molecule is N[C@@H](CCCC#P=O)C(=O)O. The quantitative estimate of drug-likeness (QED) is 0.489. The summed E-state index contributed by atoms with van der Waals surface area (Å²) in [5, 5.41) is 8.33. The Balaban J connectivity index is 3.43. The Morgan fingerprint density at radius 2 is 2.36 bits per heavy atom. The predicted octanol–water partition coefficient (Wildman–Crippen LogP) is 0.819. The first-order valence-electron chi connectivity index (χ1n) is 3.22. The first-order valence-corrected chi connectivity index (χ1v) is 4.03. The molecular weight excluding hydrogens is 165 g/mol. The molecular formula is C6H10NO3P. The number of aliphatic carboxylic acids is 1. The number of rotatable bonds is 4. The van der Waals surface area contributed by atoms with Crippen molar-refractivity contribution in [3.63, 3.8) is 0 Å². The maximum absolute atomic E-state index is 10.2. The molecule has 0 unspecified atom stereocenters. The standard InChI is InChI=1S/C6H10NO3P/c7-5(6(8)9)3-1-2-4-11-10/h5H,1-3,7H2,(H,8,9)/t5-/m0/s1. The van der Waals surface area contributed by atoms with Gasteiger partial charge >= 0.3 is 65.0 Å². The molecule has 62 valence electrons. The number of nitrogens with two attached hydrogens (primary N) is 1. The summed E-state index contributed by atoms with van der Waals surface area (Å²) in [7, 11) is -0.130. The molecule has 0 bridgehead atoms. The molecule has 11 heavy (non-hydrogen) atoms. The number of unbranched alkanes of at least 4 members (excludes halogenated alkanes) is 1. The van der Waals surface area contributed by atoms with Crippen molar-refractivity contribution in [2.75, 3.05) is 0 Å². The van der Waals surface area contributed by atoms with Crippen LogP contribution in [0.4, 0.5) is 0 Å². The van der Waals surface area contributed by atoms with Crippen molar-refractivity contribution >= 4 is 13.9 Å². The van der Waals surface area contributed by atoms with Gasteiger partial charge in [0.05, 0.1) is 0 Å². The number of carboxylic acid groups (broad SMARTS) is 1. The van der Waals surface area contributed by atoms with E-state index in [2.05, 4.69) is 5.63 Å². The summed E-state index contributed by atoms with van der Waals surface area (Å²) >= 11 is 0. The summed E-state index contributed by atoms with van der Waals surface area (Å²) in [6.07, 6.45) is 1.53. The van der Waals surface area contributed by atoms with Gasteiger partial charge in [0.1, 0.15) is 0 Å². The van der Waals surface area contributed by atoms with Crippen LogP contribution in [0.3, 0.4) is 0 Å². The molecule has 0 spiro atoms. The van der Waals surface area contributed by atoms with Crippen molar-refractivity contribution in [1.29, 1.82) is 0 Å². The molecule has 0 rings (SSSR count). The molecule has 0 fully saturated rings. The maximum atomic E-state index is 10.2. The van der Waals surface area contributed by atoms with Crippen LogP contribution >= 0.6 is 7.92 Å². The third-order valence-electron chi connectivity index (χ3n) is 1.19. The monoisotopic (exact) mass is 175 g/mol. The molecule has 0 heterocycles. The average molecular weight is 175 g/mol. The third kappa shape index (κ3) is 5.86. The van der Waals surface area contributed by atoms with Gasteiger partial charge in [0.25, 0.3) is 0 Å². The molecule has 0 aliphatic heterocycles. The number of hydrogen-bond acceptors (Lipinski definition) is 3. The molecule has 0 aromatic rings. The van der Waals surface area contributed by atoms with E-state index in [0.717, 1.165) is 0 Å². The van der Waals surface area contributed by atoms with Gasteiger partial charge in [0.2, 0.25) is 0 Å². The number of hydrogen-bond donors (Lipinski definition) is 2. The summed E-state index contributed by atoms with van der Waals surface area (Å²) in [4.78, 5) is 10.2. The van der Waals surface area contributed by atoms with E-state index in [1.165, 1.54) is 0 Å². The van der Waals surface area contributed by atoms with Crippen molar-refractivity contribution in [2.45, 2.75) is 25.3 Å². The van der Waals surface area contributed by atoms with E-state index in [-0.39, 0.29) is 7.92 Å². The Kier molecular flexibility index (Phi) is 5.86. The molecule has 0 saturated carbocycles. The van der Waals surface area contributed by atoms with Crippen molar-refractivity contribution in [3.05, 3.63) is 0 Å². The predicted molar refractivity (Wildman–Crippen MR) is 41.0 cm³/mol. The topological polar surface area (TPSA) is 80.4 Å². The second-order valence-electron chi connectivity index (χ2n) is 2.09. The molecule has 0 amide bonds. The van der Waals surface area contributed by atoms with Gasteiger partial charge in [0.15, 0.2) is 0 Å². The molecule has 0 aromatic carbocycles. The van der Waals surface area contributed by atoms with E-state index in [1.54, 1.807) is 0 Å². The summed E-state index contributed by atoms with van der Waals surface area (Å²) in [6.45, 7) is 0. The fraction of sp³-hybridized carbons (Fsp3) is 0.667. The van der Waals surface area contributed by atoms with Crippen LogP contribution < -0.4 is 5.73 Å². The normalized spacial score (nSPS) is 11.7. The summed E-state index contributed by atoms with van der Waals surface area (Å²) in [6, 6.07) is -0.805. The van der Waals surface area contributed by atoms with E-state index in [4.69, 9.17) is 10.8 Å². The van der Waals surface area contributed by atoms with Crippen LogP contribution in [0.15, 0.2) is 0 Å². The molecule has 0 saturated heterocycles. The molecule has 0 aliphatic carbocycles. The Hall–Kier alpha value is -0.560. The van der Waals surface area contributed by atoms with Crippen molar-refractivity contribution in [3.8, 4) is 5.63 Å². The summed E-state index contributed by atoms with van der Waals surface area (Å²) in [5.41, 5.74) is 7.70. The summed E-state index contributed by atoms with van der Waals surface area (Å²) < 4.78 is 9.82. The third-order valence-corrected chi connectivity index (χ3v) is 1.54. The van der Waals surface area contributed by atoms with Crippen molar-refractivity contribution < 1.29 is 14.5 Å². The summed E-state index contributed by atoms with van der Waals surface area (Å²) in [5.74, 6) is -0.996. The minimum absolute atomic E-state index is 0.130. The minimum atomic E-state index is -0.996. The first kappa shape index (κ1) is 10.4. The molecule has 4 nitrogen and oxygen atoms in total. The van der Waals surface area contributed by atoms with Gasteiger partial charge < -0.3 is 0 Å². The van der Waals surface area contributed by atoms with Gasteiger partial charge in [-0.3, -0.25) is 0 Å². The molecule has 0 aliphatic rings. The van der Waals surface area contributed by atoms with E-state index in [9.17, 15) is 9.36 Å². The van der Waals surface area contributed by atoms with Crippen molar-refractivity contribution in [1.82, 2.24) is 0 Å². The zero-order valence-corrected chi connectivity index (χ0v) is 6.88. The second-order valence-corrected chi connectivity index (χ2v) is 2.59. The van der Waals surface area contributed by atoms with Crippen molar-refractivity contribution in [2.24, 2.45) is 5.73 Å². The van der Waals surface area contributed by atoms with Crippen LogP contribution in [0.5, 0.6) is 0 Å². The molecule has 0 aromatic heterocycles. The van der Waals surface area contributed by atoms with Gasteiger partial charge in [-0.05, 0) is 0 Å². The van der Waals surface area contributed by atoms with Gasteiger partial charge in [-0.2, -0.15) is 0 Å². The fourth-order valence-corrected chi connectivity index (χ4v) is 0.820. The Morgan fingerprint density at radius 3 is 2.82 bits per heavy atom. The second kappa shape index (κ2) is 6.17. The van der Waals surface area contributed by atoms with Gasteiger partial charge in [-0.1, -0.05) is 0 Å². The Labute approximate surface area is 65.9 Å². The van der Waals surface area contributed by atoms with Crippen LogP contribution in [-0.2, 0) is 9.36 Å². The van der Waals surface area contributed by atoms with Crippen LogP contribution in [0, 0.1) is 5.63 Å². The molecule has 3 N–H and O–H groups in total. The molecule has 1 atom stereocenters. The van der Waals surface area contributed by atoms with Gasteiger partial charge in [-0.25, -0.2) is 0 Å². The Morgan fingerprint density at radius 1 is 1.73 bits per heavy atom. The first-order chi connectivity index (χ1) is 5.18. The van der Waals surface area contributed by atoms with E-state index in [0.29, 0.717) is 19.3 Å². The van der Waals surface area contributed by atoms with Gasteiger partial charge in [0, 0.05) is 0 Å². The van der Waals surface area contributed by atoms with E-state index < -0.39 is 12.0 Å². The molecule has 5 heteroatoms. The van der Waals surface area contributed by atoms with E-state index >= 15 is 0 Å². The number of carboxylic acids is 1. The van der Waals surface area contributed by atoms with Crippen LogP contribution in [0.2, 0.25) is 0 Å². The zero-order chi connectivity index (χ0) is 8.69. The number of carbonyl (C=O) groups is 1. The van der Waals surface area contributed by atoms with Crippen LogP contribution in [0.25, 0.3) is 0 Å². The Bertz CT molecular complexity index is 221. The fourth-order valence-electron chi connectivity index (χ4n) is 0.570. The van der Waals surface area contributed by atoms with E-state index in [1.807, 2.05) is 0 Å². The zero-order valence-electron chi connectivity index (χ0n) is 5.99. The average Bonchev–Trinajstić information content (AvgIpc) is 1.97. The van der Waals surface area contributed by atoms with Gasteiger partial charge in [-0.15, -0.1) is 0 Å². The van der Waals surface area contributed by atoms with Crippen LogP contribution in [0.1, 0.15) is 19.3 Å².